The van der Waals surface area contributed by atoms with E-state index in [-0.39, 0.29) is 41.9 Å². The number of aromatic nitrogens is 4. The van der Waals surface area contributed by atoms with Crippen molar-refractivity contribution in [3.05, 3.63) is 101 Å². The molecule has 2 aliphatic rings. The maximum absolute atomic E-state index is 5.32. The second-order valence-electron chi connectivity index (χ2n) is 7.82. The molecule has 0 aliphatic carbocycles. The molecule has 8 bridgehead atoms. The van der Waals surface area contributed by atoms with Crippen molar-refractivity contribution in [2.45, 2.75) is 0 Å². The summed E-state index contributed by atoms with van der Waals surface area (Å²) < 4.78 is 5.32. The van der Waals surface area contributed by atoms with Gasteiger partial charge in [-0.3, -0.25) is 0 Å². The van der Waals surface area contributed by atoms with Crippen molar-refractivity contribution in [3.63, 3.8) is 0 Å². The molecule has 1 aromatic carbocycles. The Kier molecular flexibility index (Phi) is 8.26. The molecule has 6 rings (SSSR count). The van der Waals surface area contributed by atoms with Crippen LogP contribution in [0.25, 0.3) is 45.9 Å². The Bertz CT molecular complexity index is 1570. The SMILES string of the molecule is COc1ccc(C2=Cc3cc4ccc(cc5nc(cc6ccc(cc2n3)[nH]6)C=C5)[nH]4)cc1.[Cl-].[Cl-].[Fe+2]. The van der Waals surface area contributed by atoms with Gasteiger partial charge >= 0.3 is 17.1 Å². The number of halogens is 2. The Morgan fingerprint density at radius 1 is 0.629 bits per heavy atom. The van der Waals surface area contributed by atoms with Gasteiger partial charge in [0.2, 0.25) is 0 Å². The van der Waals surface area contributed by atoms with Crippen LogP contribution in [0.3, 0.4) is 0 Å². The second-order valence-corrected chi connectivity index (χ2v) is 7.82. The minimum absolute atomic E-state index is 0. The molecule has 5 heterocycles. The predicted octanol–water partition coefficient (Wildman–Crippen LogP) is 0.0882. The smallest absolute Gasteiger partial charge is 1.00 e. The number of rotatable bonds is 2. The third kappa shape index (κ3) is 5.53. The zero-order chi connectivity index (χ0) is 21.5. The molecule has 176 valence electrons. The summed E-state index contributed by atoms with van der Waals surface area (Å²) in [5.74, 6) is 0.833. The van der Waals surface area contributed by atoms with E-state index in [9.17, 15) is 0 Å². The van der Waals surface area contributed by atoms with Crippen LogP contribution in [0.4, 0.5) is 0 Å². The first-order chi connectivity index (χ1) is 15.7. The predicted molar refractivity (Wildman–Crippen MR) is 130 cm³/mol. The molecular weight excluding hydrogens is 523 g/mol. The Morgan fingerprint density at radius 2 is 1.14 bits per heavy atom. The molecule has 0 saturated carbocycles. The van der Waals surface area contributed by atoms with Crippen LogP contribution >= 0.6 is 0 Å². The van der Waals surface area contributed by atoms with E-state index in [2.05, 4.69) is 64.6 Å². The molecule has 5 nitrogen and oxygen atoms in total. The van der Waals surface area contributed by atoms with Crippen molar-refractivity contribution in [1.29, 1.82) is 0 Å². The largest absolute Gasteiger partial charge is 2.00 e. The average Bonchev–Trinajstić information content (AvgIpc) is 3.59. The van der Waals surface area contributed by atoms with Crippen LogP contribution in [-0.4, -0.2) is 27.0 Å². The number of aromatic amines is 2. The molecule has 0 unspecified atom stereocenters. The summed E-state index contributed by atoms with van der Waals surface area (Å²) in [6.45, 7) is 0. The summed E-state index contributed by atoms with van der Waals surface area (Å²) >= 11 is 0. The van der Waals surface area contributed by atoms with Gasteiger partial charge in [-0.2, -0.15) is 0 Å². The number of hydrogen-bond acceptors (Lipinski definition) is 3. The summed E-state index contributed by atoms with van der Waals surface area (Å²) in [5, 5.41) is 0. The van der Waals surface area contributed by atoms with E-state index in [0.717, 1.165) is 61.7 Å². The van der Waals surface area contributed by atoms with Gasteiger partial charge in [0, 0.05) is 27.6 Å². The van der Waals surface area contributed by atoms with Gasteiger partial charge in [0.15, 0.2) is 0 Å². The topological polar surface area (TPSA) is 66.6 Å². The molecular formula is C27H20Cl2FeN4O. The maximum Gasteiger partial charge on any atom is 2.00 e. The number of nitrogens with one attached hydrogen (secondary N) is 2. The van der Waals surface area contributed by atoms with Crippen LogP contribution in [-0.2, 0) is 17.1 Å². The third-order valence-corrected chi connectivity index (χ3v) is 5.57. The number of nitrogens with zero attached hydrogens (tertiary/aromatic N) is 2. The number of ether oxygens (including phenoxy) is 1. The van der Waals surface area contributed by atoms with Gasteiger partial charge in [-0.25, -0.2) is 9.97 Å². The molecule has 0 saturated heterocycles. The molecule has 2 aliphatic heterocycles. The van der Waals surface area contributed by atoms with E-state index in [1.54, 1.807) is 7.11 Å². The van der Waals surface area contributed by atoms with E-state index in [1.165, 1.54) is 0 Å². The van der Waals surface area contributed by atoms with Crippen LogP contribution in [0.15, 0.2) is 72.8 Å². The number of fused-ring (bicyclic) bond motifs is 8. The van der Waals surface area contributed by atoms with Gasteiger partial charge in [0.25, 0.3) is 0 Å². The zero-order valence-electron chi connectivity index (χ0n) is 18.6. The van der Waals surface area contributed by atoms with Crippen LogP contribution in [0.5, 0.6) is 5.75 Å². The summed E-state index contributed by atoms with van der Waals surface area (Å²) in [7, 11) is 1.68. The maximum atomic E-state index is 5.32. The van der Waals surface area contributed by atoms with Crippen LogP contribution in [0.1, 0.15) is 28.3 Å². The normalized spacial score (nSPS) is 11.5. The Labute approximate surface area is 225 Å². The van der Waals surface area contributed by atoms with Crippen molar-refractivity contribution in [2.24, 2.45) is 0 Å². The first-order valence-electron chi connectivity index (χ1n) is 10.4. The number of H-pyrrole nitrogens is 2. The van der Waals surface area contributed by atoms with Gasteiger partial charge in [-0.1, -0.05) is 12.1 Å². The minimum atomic E-state index is 0. The Balaban J connectivity index is 0.00000114. The molecule has 0 fully saturated rings. The van der Waals surface area contributed by atoms with Crippen molar-refractivity contribution in [1.82, 2.24) is 19.9 Å². The van der Waals surface area contributed by atoms with Gasteiger partial charge < -0.3 is 39.5 Å². The fourth-order valence-corrected chi connectivity index (χ4v) is 4.02. The first-order valence-corrected chi connectivity index (χ1v) is 10.4. The molecule has 0 amide bonds. The third-order valence-electron chi connectivity index (χ3n) is 5.57. The van der Waals surface area contributed by atoms with Crippen LogP contribution < -0.4 is 29.6 Å². The molecule has 2 N–H and O–H groups in total. The fourth-order valence-electron chi connectivity index (χ4n) is 4.02. The van der Waals surface area contributed by atoms with Crippen LogP contribution in [0, 0.1) is 0 Å². The van der Waals surface area contributed by atoms with Gasteiger partial charge in [0.1, 0.15) is 5.75 Å². The summed E-state index contributed by atoms with van der Waals surface area (Å²) in [6.07, 6.45) is 6.17. The number of benzene rings is 1. The average molecular weight is 543 g/mol. The summed E-state index contributed by atoms with van der Waals surface area (Å²) in [5.41, 5.74) is 9.80. The Morgan fingerprint density at radius 3 is 1.69 bits per heavy atom. The molecule has 3 aromatic heterocycles. The van der Waals surface area contributed by atoms with Crippen molar-refractivity contribution in [3.8, 4) is 5.75 Å². The van der Waals surface area contributed by atoms with Crippen LogP contribution in [0.2, 0.25) is 0 Å². The number of hydrogen-bond donors (Lipinski definition) is 2. The Hall–Kier alpha value is -3.28. The van der Waals surface area contributed by atoms with E-state index >= 15 is 0 Å². The molecule has 0 spiro atoms. The summed E-state index contributed by atoms with van der Waals surface area (Å²) in [6, 6.07) is 24.5. The van der Waals surface area contributed by atoms with Crippen molar-refractivity contribution < 1.29 is 46.6 Å². The molecule has 35 heavy (non-hydrogen) atoms. The van der Waals surface area contributed by atoms with Gasteiger partial charge in [0.05, 0.1) is 29.9 Å². The quantitative estimate of drug-likeness (QED) is 0.305. The fraction of sp³-hybridized carbons (Fsp3) is 0.0370. The van der Waals surface area contributed by atoms with E-state index in [1.807, 2.05) is 36.4 Å². The van der Waals surface area contributed by atoms with E-state index in [4.69, 9.17) is 14.7 Å². The van der Waals surface area contributed by atoms with Gasteiger partial charge in [-0.05, 0) is 84.5 Å². The first kappa shape index (κ1) is 26.3. The zero-order valence-corrected chi connectivity index (χ0v) is 21.2. The van der Waals surface area contributed by atoms with Crippen molar-refractivity contribution in [2.75, 3.05) is 7.11 Å². The molecule has 4 aromatic rings. The molecule has 8 heteroatoms. The van der Waals surface area contributed by atoms with Crippen molar-refractivity contribution >= 4 is 45.9 Å². The minimum Gasteiger partial charge on any atom is -1.00 e. The summed E-state index contributed by atoms with van der Waals surface area (Å²) in [4.78, 5) is 16.5. The number of methoxy groups -OCH3 is 1. The molecule has 0 atom stereocenters. The second kappa shape index (κ2) is 11.0. The van der Waals surface area contributed by atoms with E-state index < -0.39 is 0 Å². The standard InChI is InChI=1S/C27H20N4O.2ClH.Fe/c1-32-25-10-2-17(3-11-25)26-15-24-14-22-7-6-20(29-22)12-18-4-5-19(28-18)13-21-8-9-23(30-21)16-27(26)31-24;;;/h2-16,29-30H,1H3;2*1H;/q;;;+2/p-2. The monoisotopic (exact) mass is 542 g/mol. The van der Waals surface area contributed by atoms with Gasteiger partial charge in [-0.15, -0.1) is 0 Å². The molecule has 0 radical (unpaired) electrons. The van der Waals surface area contributed by atoms with E-state index in [0.29, 0.717) is 0 Å².